The van der Waals surface area contributed by atoms with E-state index in [-0.39, 0.29) is 11.8 Å². The molecule has 0 aromatic heterocycles. The average Bonchev–Trinajstić information content (AvgIpc) is 3.34. The van der Waals surface area contributed by atoms with Gasteiger partial charge in [0.25, 0.3) is 0 Å². The van der Waals surface area contributed by atoms with Crippen molar-refractivity contribution in [2.45, 2.75) is 233 Å². The second kappa shape index (κ2) is 22.2. The maximum Gasteiger partial charge on any atom is 0.335 e. The second-order valence-corrected chi connectivity index (χ2v) is 25.9. The van der Waals surface area contributed by atoms with E-state index < -0.39 is 167 Å². The third kappa shape index (κ3) is 9.98. The molecule has 5 aliphatic carbocycles. The second-order valence-electron chi connectivity index (χ2n) is 25.9. The fourth-order valence-corrected chi connectivity index (χ4v) is 15.7. The van der Waals surface area contributed by atoms with Gasteiger partial charge in [-0.05, 0) is 113 Å². The van der Waals surface area contributed by atoms with Gasteiger partial charge in [0.15, 0.2) is 24.8 Å². The Morgan fingerprint density at radius 3 is 2.07 bits per heavy atom. The van der Waals surface area contributed by atoms with Crippen LogP contribution in [-0.2, 0) is 42.8 Å². The molecule has 2 saturated heterocycles. The number of carboxylic acid groups (broad SMARTS) is 1. The summed E-state index contributed by atoms with van der Waals surface area (Å²) in [5, 5.41) is 112. The van der Waals surface area contributed by atoms with Gasteiger partial charge in [0.05, 0.1) is 42.9 Å². The highest BCUT2D eigenvalue weighted by molar-refractivity contribution is 5.83. The highest BCUT2D eigenvalue weighted by Gasteiger charge is 2.76. The van der Waals surface area contributed by atoms with Crippen LogP contribution >= 0.6 is 0 Å². The number of carboxylic acids is 1. The molecular formula is C57H90O19. The summed E-state index contributed by atoms with van der Waals surface area (Å²) in [6, 6.07) is 0. The molecule has 76 heavy (non-hydrogen) atoms. The summed E-state index contributed by atoms with van der Waals surface area (Å²) in [7, 11) is 0. The lowest BCUT2D eigenvalue weighted by Gasteiger charge is -2.73. The van der Waals surface area contributed by atoms with Crippen LogP contribution in [0.5, 0.6) is 0 Å². The van der Waals surface area contributed by atoms with E-state index in [1.807, 2.05) is 48.5 Å². The van der Waals surface area contributed by atoms with Gasteiger partial charge >= 0.3 is 17.9 Å². The van der Waals surface area contributed by atoms with Crippen LogP contribution in [0.2, 0.25) is 0 Å². The largest absolute Gasteiger partial charge is 0.479 e. The number of ether oxygens (including phenoxy) is 6. The van der Waals surface area contributed by atoms with Crippen molar-refractivity contribution in [3.05, 3.63) is 34.9 Å². The van der Waals surface area contributed by atoms with Gasteiger partial charge < -0.3 is 79.5 Å². The van der Waals surface area contributed by atoms with Crippen molar-refractivity contribution in [1.29, 1.82) is 0 Å². The minimum atomic E-state index is -2.02. The van der Waals surface area contributed by atoms with E-state index in [9.17, 15) is 65.4 Å². The monoisotopic (exact) mass is 1080 g/mol. The van der Waals surface area contributed by atoms with Crippen molar-refractivity contribution in [3.63, 3.8) is 0 Å². The number of hydrogen-bond donors (Lipinski definition) is 10. The smallest absolute Gasteiger partial charge is 0.335 e. The lowest BCUT2D eigenvalue weighted by Crippen LogP contribution is -2.76. The van der Waals surface area contributed by atoms with Crippen molar-refractivity contribution in [2.24, 2.45) is 56.2 Å². The molecule has 7 rings (SSSR count). The summed E-state index contributed by atoms with van der Waals surface area (Å²) < 4.78 is 36.9. The summed E-state index contributed by atoms with van der Waals surface area (Å²) in [6.07, 6.45) is -13.5. The van der Waals surface area contributed by atoms with Gasteiger partial charge in [-0.3, -0.25) is 4.79 Å². The summed E-state index contributed by atoms with van der Waals surface area (Å²) in [4.78, 5) is 40.2. The summed E-state index contributed by atoms with van der Waals surface area (Å²) >= 11 is 0. The molecule has 0 amide bonds. The van der Waals surface area contributed by atoms with Crippen molar-refractivity contribution < 1.29 is 93.9 Å². The van der Waals surface area contributed by atoms with Gasteiger partial charge in [-0.2, -0.15) is 0 Å². The molecule has 2 aliphatic heterocycles. The number of aliphatic carboxylic acids is 1. The molecule has 4 saturated carbocycles. The fourth-order valence-electron chi connectivity index (χ4n) is 15.7. The molecule has 0 radical (unpaired) electrons. The van der Waals surface area contributed by atoms with Gasteiger partial charge in [-0.1, -0.05) is 91.2 Å². The zero-order chi connectivity index (χ0) is 56.6. The molecule has 0 aromatic carbocycles. The number of fused-ring (bicyclic) bond motifs is 7. The van der Waals surface area contributed by atoms with Crippen LogP contribution in [0.25, 0.3) is 0 Å². The quantitative estimate of drug-likeness (QED) is 0.0485. The Balaban J connectivity index is 1.21. The van der Waals surface area contributed by atoms with Crippen molar-refractivity contribution in [1.82, 2.24) is 0 Å². The first-order chi connectivity index (χ1) is 35.3. The van der Waals surface area contributed by atoms with Crippen LogP contribution in [0.1, 0.15) is 141 Å². The summed E-state index contributed by atoms with van der Waals surface area (Å²) in [5.41, 5.74) is -2.59. The molecule has 0 aromatic rings. The van der Waals surface area contributed by atoms with E-state index >= 15 is 0 Å². The van der Waals surface area contributed by atoms with E-state index in [1.165, 1.54) is 6.08 Å². The van der Waals surface area contributed by atoms with E-state index in [1.54, 1.807) is 6.92 Å². The summed E-state index contributed by atoms with van der Waals surface area (Å²) in [5.74, 6) is -4.12. The predicted octanol–water partition coefficient (Wildman–Crippen LogP) is 3.61. The molecule has 2 heterocycles. The molecule has 7 aliphatic rings. The Hall–Kier alpha value is -2.89. The minimum Gasteiger partial charge on any atom is -0.479 e. The Bertz CT molecular complexity index is 2220. The number of aliphatic hydroxyl groups is 9. The Kier molecular flexibility index (Phi) is 17.8. The molecule has 0 bridgehead atoms. The van der Waals surface area contributed by atoms with Crippen LogP contribution in [0.15, 0.2) is 34.9 Å². The number of carbonyl (C=O) groups excluding carboxylic acids is 2. The number of carbonyl (C=O) groups is 3. The zero-order valence-electron chi connectivity index (χ0n) is 46.6. The Labute approximate surface area is 447 Å². The summed E-state index contributed by atoms with van der Waals surface area (Å²) in [6.45, 7) is 22.5. The van der Waals surface area contributed by atoms with E-state index in [0.717, 1.165) is 23.1 Å². The Morgan fingerprint density at radius 2 is 1.46 bits per heavy atom. The first kappa shape index (κ1) is 60.7. The molecular weight excluding hydrogens is 989 g/mol. The van der Waals surface area contributed by atoms with Crippen LogP contribution < -0.4 is 0 Å². The van der Waals surface area contributed by atoms with Gasteiger partial charge in [0, 0.05) is 16.9 Å². The van der Waals surface area contributed by atoms with Gasteiger partial charge in [0.1, 0.15) is 48.8 Å². The number of esters is 2. The minimum absolute atomic E-state index is 0.0740. The highest BCUT2D eigenvalue weighted by Crippen LogP contribution is 2.76. The fraction of sp³-hybridized carbons (Fsp3) is 0.842. The molecule has 19 nitrogen and oxygen atoms in total. The lowest BCUT2D eigenvalue weighted by atomic mass is 9.32. The van der Waals surface area contributed by atoms with Crippen LogP contribution in [0, 0.1) is 56.2 Å². The highest BCUT2D eigenvalue weighted by atomic mass is 16.8. The molecule has 0 spiro atoms. The zero-order valence-corrected chi connectivity index (χ0v) is 46.6. The van der Waals surface area contributed by atoms with Crippen molar-refractivity contribution >= 4 is 17.9 Å². The molecule has 19 heteroatoms. The first-order valence-electron chi connectivity index (χ1n) is 27.6. The maximum atomic E-state index is 14.0. The lowest BCUT2D eigenvalue weighted by molar-refractivity contribution is -0.374. The number of allylic oxidation sites excluding steroid dienone is 4. The molecule has 23 atom stereocenters. The molecule has 6 fully saturated rings. The van der Waals surface area contributed by atoms with E-state index in [0.29, 0.717) is 51.4 Å². The van der Waals surface area contributed by atoms with Crippen LogP contribution in [0.3, 0.4) is 0 Å². The predicted molar refractivity (Wildman–Crippen MR) is 273 cm³/mol. The third-order valence-electron chi connectivity index (χ3n) is 20.6. The first-order valence-corrected chi connectivity index (χ1v) is 27.6. The number of rotatable bonds is 15. The van der Waals surface area contributed by atoms with Crippen LogP contribution in [-0.4, -0.2) is 174 Å². The number of aliphatic hydroxyl groups excluding tert-OH is 9. The van der Waals surface area contributed by atoms with Gasteiger partial charge in [-0.15, -0.1) is 0 Å². The standard InChI is InChI=1S/C57H90O19/c1-13-29(5)49(70)76-47-46(73-36(60)23-28(4)16-14-15-27(2)3)52(6,7)24-31-30-17-18-34-54(10)21-20-35(53(8,9)33(54)19-22-55(34,11)56(30,12)44(66)45(67)57(31,47)26-59)72-51-43(40(64)39(63)42(74-51)48(68)69)75-50-41(65)38(62)37(61)32(25-58)71-50/h15,17,23,29,31-35,37-47,50-51,58-59,61-67H,13-14,16,18-22,24-26H2,1-12H3,(H,68,69)/b28-23+/t29-,31+,32-,33+,34-,35+,37-,38+,39+,40+,41-,42+,43-,44+,45-,46+,47+,50+,51-,54+,55-,56+,57+/m1/s1. The van der Waals surface area contributed by atoms with Gasteiger partial charge in [-0.25, -0.2) is 9.59 Å². The van der Waals surface area contributed by atoms with E-state index in [4.69, 9.17) is 28.4 Å². The maximum absolute atomic E-state index is 14.0. The third-order valence-corrected chi connectivity index (χ3v) is 20.6. The van der Waals surface area contributed by atoms with E-state index in [2.05, 4.69) is 39.8 Å². The SMILES string of the molecule is CC[C@@H](C)C(=O)O[C@H]1[C@H](OC(=O)/C=C(\C)CCC=C(C)C)C(C)(C)C[C@H]2C3=CC[C@@H]4[C@@]5(C)CC[C@H](O[C@@H]6O[C@H](C(=O)O)[C@@H](O)[C@H](O)[C@H]6O[C@@H]6O[C@H](CO)[C@@H](O)[C@H](O)[C@H]6O)C(C)(C)[C@@H]5CC[C@@]4(C)[C@]3(C)[C@@H](O)[C@@H](O)[C@]21CO. The Morgan fingerprint density at radius 1 is 0.789 bits per heavy atom. The van der Waals surface area contributed by atoms with Crippen LogP contribution in [0.4, 0.5) is 0 Å². The van der Waals surface area contributed by atoms with Crippen molar-refractivity contribution in [3.8, 4) is 0 Å². The van der Waals surface area contributed by atoms with Gasteiger partial charge in [0.2, 0.25) is 0 Å². The molecule has 10 N–H and O–H groups in total. The number of hydrogen-bond acceptors (Lipinski definition) is 18. The molecule has 0 unspecified atom stereocenters. The van der Waals surface area contributed by atoms with Crippen molar-refractivity contribution in [2.75, 3.05) is 13.2 Å². The molecule has 432 valence electrons. The average molecular weight is 1080 g/mol. The normalized spacial score (nSPS) is 46.1. The topological polar surface area (TPSA) is 309 Å².